The van der Waals surface area contributed by atoms with E-state index in [9.17, 15) is 19.2 Å². The molecule has 4 rings (SSSR count). The topological polar surface area (TPSA) is 205 Å². The second kappa shape index (κ2) is 17.7. The highest BCUT2D eigenvalue weighted by molar-refractivity contribution is 5.95. The molecule has 258 valence electrons. The fourth-order valence-electron chi connectivity index (χ4n) is 5.72. The van der Waals surface area contributed by atoms with E-state index in [2.05, 4.69) is 10.6 Å². The number of nitrogen functional groups attached to an aromatic ring is 2. The van der Waals surface area contributed by atoms with Gasteiger partial charge in [0.15, 0.2) is 0 Å². The summed E-state index contributed by atoms with van der Waals surface area (Å²) in [6, 6.07) is 14.0. The fourth-order valence-corrected chi connectivity index (χ4v) is 5.72. The van der Waals surface area contributed by atoms with E-state index in [1.165, 1.54) is 0 Å². The fraction of sp³-hybridized carbons (Fsp3) is 0.471. The van der Waals surface area contributed by atoms with Gasteiger partial charge >= 0.3 is 12.1 Å². The minimum absolute atomic E-state index is 0.00454. The van der Waals surface area contributed by atoms with Gasteiger partial charge in [-0.1, -0.05) is 61.4 Å². The Labute approximate surface area is 281 Å². The average molecular weight is 661 g/mol. The number of hydrogen-bond donors (Lipinski definition) is 6. The van der Waals surface area contributed by atoms with Crippen molar-refractivity contribution in [3.05, 3.63) is 70.8 Å². The minimum atomic E-state index is -0.162. The lowest BCUT2D eigenvalue weighted by Crippen LogP contribution is -2.53. The molecule has 14 heteroatoms. The maximum Gasteiger partial charge on any atom is 0.317 e. The molecule has 2 heterocycles. The Balaban J connectivity index is 1.01. The number of carbonyl (C=O) groups excluding carboxylic acids is 4. The maximum absolute atomic E-state index is 12.7. The second-order valence-corrected chi connectivity index (χ2v) is 12.2. The number of carbonyl (C=O) groups is 4. The van der Waals surface area contributed by atoms with Crippen LogP contribution in [0.5, 0.6) is 0 Å². The van der Waals surface area contributed by atoms with Gasteiger partial charge in [-0.3, -0.25) is 20.4 Å². The molecule has 6 amide bonds. The standard InChI is InChI=1S/C34H48N10O4/c35-31(36)27-11-7-25(8-12-27)23-39-33(47)43-19-15-41(16-20-43)29(45)5-3-1-2-4-6-30(46)42-17-21-44(22-18-42)34(48)40-24-26-9-13-28(14-10-26)32(37)38/h7-14H,1-6,15-24H2,(H3,35,36)(H3,37,38)(H,39,47)(H,40,48). The number of hydrogen-bond acceptors (Lipinski definition) is 6. The summed E-state index contributed by atoms with van der Waals surface area (Å²) in [6.45, 7) is 4.74. The summed E-state index contributed by atoms with van der Waals surface area (Å²) in [7, 11) is 0. The highest BCUT2D eigenvalue weighted by Gasteiger charge is 2.25. The largest absolute Gasteiger partial charge is 0.384 e. The van der Waals surface area contributed by atoms with Crippen LogP contribution in [0.1, 0.15) is 60.8 Å². The van der Waals surface area contributed by atoms with Crippen LogP contribution in [-0.4, -0.2) is 108 Å². The van der Waals surface area contributed by atoms with Gasteiger partial charge in [0.1, 0.15) is 11.7 Å². The lowest BCUT2D eigenvalue weighted by Gasteiger charge is -2.35. The molecule has 0 unspecified atom stereocenters. The van der Waals surface area contributed by atoms with Crippen LogP contribution in [0, 0.1) is 10.8 Å². The van der Waals surface area contributed by atoms with Crippen LogP contribution >= 0.6 is 0 Å². The van der Waals surface area contributed by atoms with Crippen molar-refractivity contribution in [2.24, 2.45) is 11.5 Å². The van der Waals surface area contributed by atoms with Crippen LogP contribution < -0.4 is 22.1 Å². The average Bonchev–Trinajstić information content (AvgIpc) is 3.11. The smallest absolute Gasteiger partial charge is 0.317 e. The molecule has 2 aromatic carbocycles. The van der Waals surface area contributed by atoms with Crippen molar-refractivity contribution in [1.82, 2.24) is 30.2 Å². The first-order valence-electron chi connectivity index (χ1n) is 16.6. The van der Waals surface area contributed by atoms with Crippen molar-refractivity contribution in [3.63, 3.8) is 0 Å². The Kier molecular flexibility index (Phi) is 13.2. The van der Waals surface area contributed by atoms with Gasteiger partial charge in [-0.15, -0.1) is 0 Å². The summed E-state index contributed by atoms with van der Waals surface area (Å²) in [5.41, 5.74) is 14.1. The first kappa shape index (κ1) is 35.7. The molecule has 0 spiro atoms. The molecular weight excluding hydrogens is 612 g/mol. The summed E-state index contributed by atoms with van der Waals surface area (Å²) in [4.78, 5) is 57.7. The maximum atomic E-state index is 12.7. The van der Waals surface area contributed by atoms with E-state index in [0.29, 0.717) is 89.4 Å². The third kappa shape index (κ3) is 10.7. The number of urea groups is 2. The first-order chi connectivity index (χ1) is 23.1. The number of nitrogens with two attached hydrogens (primary N) is 2. The molecule has 0 radical (unpaired) electrons. The van der Waals surface area contributed by atoms with Crippen molar-refractivity contribution in [3.8, 4) is 0 Å². The van der Waals surface area contributed by atoms with E-state index in [0.717, 1.165) is 36.8 Å². The number of amides is 6. The lowest BCUT2D eigenvalue weighted by atomic mass is 10.1. The van der Waals surface area contributed by atoms with Crippen LogP contribution in [0.2, 0.25) is 0 Å². The Morgan fingerprint density at radius 2 is 0.833 bits per heavy atom. The highest BCUT2D eigenvalue weighted by Crippen LogP contribution is 2.13. The summed E-state index contributed by atoms with van der Waals surface area (Å²) >= 11 is 0. The lowest BCUT2D eigenvalue weighted by molar-refractivity contribution is -0.133. The number of benzene rings is 2. The molecule has 0 aliphatic carbocycles. The Hall–Kier alpha value is -5.14. The van der Waals surface area contributed by atoms with E-state index >= 15 is 0 Å². The molecule has 0 bridgehead atoms. The summed E-state index contributed by atoms with van der Waals surface area (Å²) in [5, 5.41) is 20.7. The zero-order valence-corrected chi connectivity index (χ0v) is 27.5. The van der Waals surface area contributed by atoms with Gasteiger partial charge in [0.25, 0.3) is 0 Å². The Morgan fingerprint density at radius 3 is 1.15 bits per heavy atom. The Morgan fingerprint density at radius 1 is 0.521 bits per heavy atom. The van der Waals surface area contributed by atoms with Crippen LogP contribution in [0.25, 0.3) is 0 Å². The molecule has 0 saturated carbocycles. The van der Waals surface area contributed by atoms with Gasteiger partial charge in [-0.25, -0.2) is 9.59 Å². The number of nitrogens with one attached hydrogen (secondary N) is 4. The SMILES string of the molecule is N=C(N)c1ccc(CNC(=O)N2CCN(C(=O)CCCCCCC(=O)N3CCN(C(=O)NCc4ccc(C(=N)N)cc4)CC3)CC2)cc1. The van der Waals surface area contributed by atoms with Gasteiger partial charge in [0.2, 0.25) is 11.8 Å². The predicted octanol–water partition coefficient (Wildman–Crippen LogP) is 2.00. The summed E-state index contributed by atoms with van der Waals surface area (Å²) < 4.78 is 0. The molecule has 2 aliphatic heterocycles. The first-order valence-corrected chi connectivity index (χ1v) is 16.6. The zero-order chi connectivity index (χ0) is 34.5. The van der Waals surface area contributed by atoms with Crippen molar-refractivity contribution >= 4 is 35.5 Å². The summed E-state index contributed by atoms with van der Waals surface area (Å²) in [5.74, 6) is 0.212. The minimum Gasteiger partial charge on any atom is -0.384 e. The molecule has 2 saturated heterocycles. The van der Waals surface area contributed by atoms with E-state index in [1.54, 1.807) is 34.1 Å². The van der Waals surface area contributed by atoms with Crippen LogP contribution in [-0.2, 0) is 22.7 Å². The van der Waals surface area contributed by atoms with Gasteiger partial charge in [0.05, 0.1) is 0 Å². The van der Waals surface area contributed by atoms with Gasteiger partial charge in [0, 0.05) is 89.4 Å². The summed E-state index contributed by atoms with van der Waals surface area (Å²) in [6.07, 6.45) is 4.21. The predicted molar refractivity (Wildman–Crippen MR) is 183 cm³/mol. The van der Waals surface area contributed by atoms with Crippen molar-refractivity contribution in [2.75, 3.05) is 52.4 Å². The normalized spacial score (nSPS) is 14.8. The molecule has 0 aromatic heterocycles. The Bertz CT molecular complexity index is 1320. The zero-order valence-electron chi connectivity index (χ0n) is 27.5. The van der Waals surface area contributed by atoms with Crippen molar-refractivity contribution < 1.29 is 19.2 Å². The molecule has 2 fully saturated rings. The molecule has 2 aliphatic rings. The van der Waals surface area contributed by atoms with E-state index in [-0.39, 0.29) is 35.5 Å². The second-order valence-electron chi connectivity index (χ2n) is 12.2. The molecule has 48 heavy (non-hydrogen) atoms. The van der Waals surface area contributed by atoms with Crippen molar-refractivity contribution in [2.45, 2.75) is 51.6 Å². The third-order valence-electron chi connectivity index (χ3n) is 8.79. The molecule has 8 N–H and O–H groups in total. The van der Waals surface area contributed by atoms with Crippen LogP contribution in [0.15, 0.2) is 48.5 Å². The van der Waals surface area contributed by atoms with Crippen LogP contribution in [0.3, 0.4) is 0 Å². The molecular formula is C34H48N10O4. The van der Waals surface area contributed by atoms with Gasteiger partial charge < -0.3 is 41.7 Å². The van der Waals surface area contributed by atoms with E-state index < -0.39 is 0 Å². The highest BCUT2D eigenvalue weighted by atomic mass is 16.2. The van der Waals surface area contributed by atoms with Crippen molar-refractivity contribution in [1.29, 1.82) is 10.8 Å². The number of piperazine rings is 2. The number of rotatable bonds is 13. The molecule has 0 atom stereocenters. The molecule has 14 nitrogen and oxygen atoms in total. The monoisotopic (exact) mass is 660 g/mol. The van der Waals surface area contributed by atoms with Gasteiger partial charge in [-0.2, -0.15) is 0 Å². The third-order valence-corrected chi connectivity index (χ3v) is 8.79. The molecule has 2 aromatic rings. The quantitative estimate of drug-likeness (QED) is 0.108. The number of unbranched alkanes of at least 4 members (excludes halogenated alkanes) is 3. The van der Waals surface area contributed by atoms with Gasteiger partial charge in [-0.05, 0) is 24.0 Å². The van der Waals surface area contributed by atoms with E-state index in [1.807, 2.05) is 34.1 Å². The van der Waals surface area contributed by atoms with E-state index in [4.69, 9.17) is 22.3 Å². The van der Waals surface area contributed by atoms with Crippen LogP contribution in [0.4, 0.5) is 9.59 Å². The number of amidine groups is 2. The number of nitrogens with zero attached hydrogens (tertiary/aromatic N) is 4.